The van der Waals surface area contributed by atoms with Crippen molar-refractivity contribution in [2.24, 2.45) is 0 Å². The molecule has 8 nitrogen and oxygen atoms in total. The van der Waals surface area contributed by atoms with E-state index in [1.165, 1.54) is 0 Å². The number of carboxylic acid groups (broad SMARTS) is 1. The highest BCUT2D eigenvalue weighted by atomic mass is 32.2. The maximum Gasteiger partial charge on any atom is 0.407 e. The van der Waals surface area contributed by atoms with Gasteiger partial charge in [-0.25, -0.2) is 4.79 Å². The summed E-state index contributed by atoms with van der Waals surface area (Å²) in [5, 5.41) is 14.5. The molecule has 0 saturated carbocycles. The second-order valence-corrected chi connectivity index (χ2v) is 9.92. The Kier molecular flexibility index (Phi) is 8.65. The summed E-state index contributed by atoms with van der Waals surface area (Å²) in [6.07, 6.45) is -0.970. The molecule has 2 aromatic rings. The van der Waals surface area contributed by atoms with Crippen LogP contribution >= 0.6 is 11.8 Å². The highest BCUT2D eigenvalue weighted by molar-refractivity contribution is 7.99. The zero-order valence-electron chi connectivity index (χ0n) is 19.6. The number of amides is 2. The van der Waals surface area contributed by atoms with Crippen LogP contribution in [-0.4, -0.2) is 78.3 Å². The molecule has 3 N–H and O–H groups in total. The normalized spacial score (nSPS) is 16.1. The van der Waals surface area contributed by atoms with Crippen molar-refractivity contribution in [2.45, 2.75) is 24.8 Å². The summed E-state index contributed by atoms with van der Waals surface area (Å²) in [6.45, 7) is 3.27. The Morgan fingerprint density at radius 1 is 1.03 bits per heavy atom. The number of carboxylic acids is 1. The first-order chi connectivity index (χ1) is 17.0. The van der Waals surface area contributed by atoms with Gasteiger partial charge >= 0.3 is 12.1 Å². The van der Waals surface area contributed by atoms with E-state index in [0.717, 1.165) is 53.4 Å². The van der Waals surface area contributed by atoms with E-state index in [1.807, 2.05) is 48.2 Å². The molecule has 1 saturated heterocycles. The molecular formula is C26H31N3O5S. The van der Waals surface area contributed by atoms with Crippen molar-refractivity contribution in [1.82, 2.24) is 15.5 Å². The van der Waals surface area contributed by atoms with E-state index < -0.39 is 24.0 Å². The van der Waals surface area contributed by atoms with Gasteiger partial charge in [0.1, 0.15) is 12.6 Å². The monoisotopic (exact) mass is 497 g/mol. The Balaban J connectivity index is 1.32. The molecule has 1 aliphatic carbocycles. The number of rotatable bonds is 10. The first-order valence-corrected chi connectivity index (χ1v) is 13.1. The Morgan fingerprint density at radius 2 is 1.66 bits per heavy atom. The largest absolute Gasteiger partial charge is 0.481 e. The second-order valence-electron chi connectivity index (χ2n) is 8.70. The van der Waals surface area contributed by atoms with Crippen molar-refractivity contribution < 1.29 is 24.2 Å². The number of fused-ring (bicyclic) bond motifs is 3. The maximum absolute atomic E-state index is 12.7. The van der Waals surface area contributed by atoms with Crippen LogP contribution in [0.15, 0.2) is 48.5 Å². The Labute approximate surface area is 209 Å². The van der Waals surface area contributed by atoms with Crippen molar-refractivity contribution in [3.05, 3.63) is 59.7 Å². The van der Waals surface area contributed by atoms with Crippen molar-refractivity contribution in [1.29, 1.82) is 0 Å². The van der Waals surface area contributed by atoms with E-state index in [-0.39, 0.29) is 25.4 Å². The fraction of sp³-hybridized carbons (Fsp3) is 0.423. The Bertz CT molecular complexity index is 1010. The smallest absolute Gasteiger partial charge is 0.407 e. The molecule has 0 bridgehead atoms. The zero-order valence-corrected chi connectivity index (χ0v) is 20.4. The molecular weight excluding hydrogens is 466 g/mol. The molecule has 1 aliphatic heterocycles. The predicted octanol–water partition coefficient (Wildman–Crippen LogP) is 2.92. The van der Waals surface area contributed by atoms with E-state index in [4.69, 9.17) is 9.84 Å². The molecule has 1 unspecified atom stereocenters. The number of hydrogen-bond acceptors (Lipinski definition) is 6. The number of hydrogen-bond donors (Lipinski definition) is 3. The highest BCUT2D eigenvalue weighted by Gasteiger charge is 2.30. The molecule has 0 radical (unpaired) electrons. The van der Waals surface area contributed by atoms with Crippen LogP contribution in [0.2, 0.25) is 0 Å². The van der Waals surface area contributed by atoms with Gasteiger partial charge in [0.25, 0.3) is 0 Å². The van der Waals surface area contributed by atoms with Gasteiger partial charge in [-0.2, -0.15) is 11.8 Å². The third-order valence-electron chi connectivity index (χ3n) is 6.43. The summed E-state index contributed by atoms with van der Waals surface area (Å²) in [5.41, 5.74) is 4.45. The number of carbonyl (C=O) groups is 3. The summed E-state index contributed by atoms with van der Waals surface area (Å²) in [7, 11) is 0. The molecule has 2 aliphatic rings. The standard InChI is InChI=1S/C26H31N3O5S/c30-24(31)10-9-23(25(32)27-11-12-29-13-15-35-16-14-29)28-26(33)34-17-22-20-7-3-1-5-18(20)19-6-2-4-8-21(19)22/h1-8,22-23H,9-17H2,(H,27,32)(H,28,33)(H,30,31). The molecule has 1 fully saturated rings. The van der Waals surface area contributed by atoms with Crippen LogP contribution in [-0.2, 0) is 14.3 Å². The third kappa shape index (κ3) is 6.55. The van der Waals surface area contributed by atoms with Crippen LogP contribution in [0.4, 0.5) is 4.79 Å². The highest BCUT2D eigenvalue weighted by Crippen LogP contribution is 2.44. The number of carbonyl (C=O) groups excluding carboxylic acids is 2. The lowest BCUT2D eigenvalue weighted by molar-refractivity contribution is -0.137. The lowest BCUT2D eigenvalue weighted by Gasteiger charge is -2.26. The molecule has 1 heterocycles. The average molecular weight is 498 g/mol. The number of benzene rings is 2. The molecule has 186 valence electrons. The zero-order chi connectivity index (χ0) is 24.6. The van der Waals surface area contributed by atoms with Crippen LogP contribution in [0.25, 0.3) is 11.1 Å². The van der Waals surface area contributed by atoms with Crippen LogP contribution in [0.1, 0.15) is 29.9 Å². The Hall–Kier alpha value is -3.04. The number of ether oxygens (including phenoxy) is 1. The van der Waals surface area contributed by atoms with Crippen LogP contribution in [0, 0.1) is 0 Å². The van der Waals surface area contributed by atoms with Crippen molar-refractivity contribution in [3.63, 3.8) is 0 Å². The molecule has 0 aromatic heterocycles. The van der Waals surface area contributed by atoms with E-state index in [1.54, 1.807) is 0 Å². The number of alkyl carbamates (subject to hydrolysis) is 1. The molecule has 2 aromatic carbocycles. The van der Waals surface area contributed by atoms with Gasteiger partial charge in [0.15, 0.2) is 0 Å². The van der Waals surface area contributed by atoms with E-state index in [0.29, 0.717) is 6.54 Å². The third-order valence-corrected chi connectivity index (χ3v) is 7.37. The minimum atomic E-state index is -1.03. The maximum atomic E-state index is 12.7. The van der Waals surface area contributed by atoms with Crippen LogP contribution < -0.4 is 10.6 Å². The van der Waals surface area contributed by atoms with Crippen LogP contribution in [0.5, 0.6) is 0 Å². The minimum absolute atomic E-state index is 0.00822. The van der Waals surface area contributed by atoms with Gasteiger partial charge < -0.3 is 20.5 Å². The first kappa shape index (κ1) is 25.1. The summed E-state index contributed by atoms with van der Waals surface area (Å²) in [4.78, 5) is 38.7. The van der Waals surface area contributed by atoms with Gasteiger partial charge in [0.2, 0.25) is 5.91 Å². The van der Waals surface area contributed by atoms with Crippen molar-refractivity contribution >= 4 is 29.7 Å². The van der Waals surface area contributed by atoms with Gasteiger partial charge in [-0.15, -0.1) is 0 Å². The SMILES string of the molecule is O=C(O)CCC(NC(=O)OCC1c2ccccc2-c2ccccc21)C(=O)NCCN1CCSCC1. The lowest BCUT2D eigenvalue weighted by atomic mass is 9.98. The average Bonchev–Trinajstić information content (AvgIpc) is 3.19. The first-order valence-electron chi connectivity index (χ1n) is 11.9. The molecule has 4 rings (SSSR count). The number of thioether (sulfide) groups is 1. The lowest BCUT2D eigenvalue weighted by Crippen LogP contribution is -2.49. The van der Waals surface area contributed by atoms with Gasteiger partial charge in [-0.1, -0.05) is 48.5 Å². The molecule has 0 spiro atoms. The van der Waals surface area contributed by atoms with E-state index >= 15 is 0 Å². The van der Waals surface area contributed by atoms with Gasteiger partial charge in [-0.3, -0.25) is 14.5 Å². The second kappa shape index (κ2) is 12.1. The summed E-state index contributed by atoms with van der Waals surface area (Å²) in [5.74, 6) is 0.646. The molecule has 2 amide bonds. The number of nitrogens with one attached hydrogen (secondary N) is 2. The summed E-state index contributed by atoms with van der Waals surface area (Å²) < 4.78 is 5.54. The van der Waals surface area contributed by atoms with E-state index in [2.05, 4.69) is 27.7 Å². The molecule has 9 heteroatoms. The van der Waals surface area contributed by atoms with Gasteiger partial charge in [-0.05, 0) is 28.7 Å². The summed E-state index contributed by atoms with van der Waals surface area (Å²) in [6, 6.07) is 15.1. The topological polar surface area (TPSA) is 108 Å². The molecule has 35 heavy (non-hydrogen) atoms. The van der Waals surface area contributed by atoms with Crippen LogP contribution in [0.3, 0.4) is 0 Å². The van der Waals surface area contributed by atoms with E-state index in [9.17, 15) is 14.4 Å². The Morgan fingerprint density at radius 3 is 2.29 bits per heavy atom. The van der Waals surface area contributed by atoms with Gasteiger partial charge in [0.05, 0.1) is 0 Å². The van der Waals surface area contributed by atoms with Crippen molar-refractivity contribution in [3.8, 4) is 11.1 Å². The summed E-state index contributed by atoms with van der Waals surface area (Å²) >= 11 is 1.92. The minimum Gasteiger partial charge on any atom is -0.481 e. The van der Waals surface area contributed by atoms with Crippen molar-refractivity contribution in [2.75, 3.05) is 44.3 Å². The number of nitrogens with zero attached hydrogens (tertiary/aromatic N) is 1. The molecule has 1 atom stereocenters. The quantitative estimate of drug-likeness (QED) is 0.463. The fourth-order valence-corrected chi connectivity index (χ4v) is 5.58. The number of aliphatic carboxylic acids is 1. The van der Waals surface area contributed by atoms with Gasteiger partial charge in [0, 0.05) is 50.0 Å². The fourth-order valence-electron chi connectivity index (χ4n) is 4.60. The predicted molar refractivity (Wildman–Crippen MR) is 136 cm³/mol.